The van der Waals surface area contributed by atoms with E-state index in [0.29, 0.717) is 11.8 Å². The van der Waals surface area contributed by atoms with E-state index >= 15 is 0 Å². The lowest BCUT2D eigenvalue weighted by Gasteiger charge is -2.36. The number of hydrogen-bond donors (Lipinski definition) is 1. The summed E-state index contributed by atoms with van der Waals surface area (Å²) >= 11 is 0. The van der Waals surface area contributed by atoms with Crippen LogP contribution in [0.2, 0.25) is 0 Å². The molecule has 0 radical (unpaired) electrons. The molecular weight excluding hydrogens is 266 g/mol. The fourth-order valence-electron chi connectivity index (χ4n) is 2.64. The zero-order chi connectivity index (χ0) is 14.8. The second-order valence-corrected chi connectivity index (χ2v) is 5.73. The summed E-state index contributed by atoms with van der Waals surface area (Å²) in [5.41, 5.74) is 0.726. The van der Waals surface area contributed by atoms with E-state index in [1.165, 1.54) is 6.92 Å². The SMILES string of the molecule is CCCN[C@H]1C[C@H](Oc2ccc3oc(C(C)=O)cc3c2)C1. The van der Waals surface area contributed by atoms with Crippen molar-refractivity contribution in [1.82, 2.24) is 5.32 Å². The van der Waals surface area contributed by atoms with Crippen molar-refractivity contribution in [3.05, 3.63) is 30.0 Å². The molecule has 0 unspecified atom stereocenters. The minimum Gasteiger partial charge on any atom is -0.490 e. The van der Waals surface area contributed by atoms with Crippen LogP contribution in [0.5, 0.6) is 5.75 Å². The number of nitrogens with one attached hydrogen (secondary N) is 1. The van der Waals surface area contributed by atoms with Gasteiger partial charge < -0.3 is 14.5 Å². The van der Waals surface area contributed by atoms with Crippen LogP contribution in [-0.4, -0.2) is 24.5 Å². The molecule has 1 aromatic carbocycles. The molecule has 1 aliphatic rings. The van der Waals surface area contributed by atoms with Crippen LogP contribution in [0.25, 0.3) is 11.0 Å². The summed E-state index contributed by atoms with van der Waals surface area (Å²) in [5, 5.41) is 4.41. The Balaban J connectivity index is 1.62. The molecule has 4 nitrogen and oxygen atoms in total. The Morgan fingerprint density at radius 1 is 1.38 bits per heavy atom. The first-order valence-corrected chi connectivity index (χ1v) is 7.60. The Morgan fingerprint density at radius 2 is 2.19 bits per heavy atom. The molecule has 1 N–H and O–H groups in total. The normalized spacial score (nSPS) is 21.2. The molecule has 0 atom stereocenters. The van der Waals surface area contributed by atoms with Crippen molar-refractivity contribution in [3.8, 4) is 5.75 Å². The van der Waals surface area contributed by atoms with E-state index in [0.717, 1.165) is 42.5 Å². The monoisotopic (exact) mass is 287 g/mol. The van der Waals surface area contributed by atoms with Crippen LogP contribution in [0.1, 0.15) is 43.7 Å². The number of hydrogen-bond acceptors (Lipinski definition) is 4. The first kappa shape index (κ1) is 14.1. The summed E-state index contributed by atoms with van der Waals surface area (Å²) in [4.78, 5) is 11.3. The van der Waals surface area contributed by atoms with E-state index in [1.807, 2.05) is 18.2 Å². The predicted octanol–water partition coefficient (Wildman–Crippen LogP) is 3.54. The summed E-state index contributed by atoms with van der Waals surface area (Å²) in [5.74, 6) is 1.18. The Morgan fingerprint density at radius 3 is 2.90 bits per heavy atom. The van der Waals surface area contributed by atoms with Gasteiger partial charge in [0.1, 0.15) is 17.4 Å². The van der Waals surface area contributed by atoms with Crippen molar-refractivity contribution in [1.29, 1.82) is 0 Å². The van der Waals surface area contributed by atoms with Crippen LogP contribution < -0.4 is 10.1 Å². The molecule has 1 heterocycles. The van der Waals surface area contributed by atoms with Gasteiger partial charge in [0, 0.05) is 18.4 Å². The van der Waals surface area contributed by atoms with E-state index in [-0.39, 0.29) is 11.9 Å². The Bertz CT molecular complexity index is 641. The number of furan rings is 1. The van der Waals surface area contributed by atoms with Gasteiger partial charge in [-0.05, 0) is 50.1 Å². The number of carbonyl (C=O) groups excluding carboxylic acids is 1. The van der Waals surface area contributed by atoms with Crippen molar-refractivity contribution in [2.45, 2.75) is 45.3 Å². The van der Waals surface area contributed by atoms with Crippen molar-refractivity contribution < 1.29 is 13.9 Å². The van der Waals surface area contributed by atoms with Crippen LogP contribution in [0.3, 0.4) is 0 Å². The van der Waals surface area contributed by atoms with Gasteiger partial charge in [0.25, 0.3) is 0 Å². The summed E-state index contributed by atoms with van der Waals surface area (Å²) in [6.07, 6.45) is 3.57. The molecule has 0 amide bonds. The van der Waals surface area contributed by atoms with E-state index in [9.17, 15) is 4.79 Å². The molecule has 1 saturated carbocycles. The van der Waals surface area contributed by atoms with Gasteiger partial charge in [-0.1, -0.05) is 6.92 Å². The largest absolute Gasteiger partial charge is 0.490 e. The van der Waals surface area contributed by atoms with Gasteiger partial charge in [0.15, 0.2) is 11.5 Å². The molecule has 112 valence electrons. The summed E-state index contributed by atoms with van der Waals surface area (Å²) < 4.78 is 11.4. The standard InChI is InChI=1S/C17H21NO3/c1-3-6-18-13-9-15(10-13)20-14-4-5-16-12(7-14)8-17(21-16)11(2)19/h4-5,7-8,13,15,18H,3,6,9-10H2,1-2H3/t13-,15-. The maximum Gasteiger partial charge on any atom is 0.194 e. The second kappa shape index (κ2) is 5.90. The topological polar surface area (TPSA) is 51.5 Å². The molecule has 0 spiro atoms. The third-order valence-corrected chi connectivity index (χ3v) is 3.92. The van der Waals surface area contributed by atoms with Gasteiger partial charge in [-0.25, -0.2) is 0 Å². The number of ketones is 1. The van der Waals surface area contributed by atoms with E-state index in [2.05, 4.69) is 12.2 Å². The fourth-order valence-corrected chi connectivity index (χ4v) is 2.64. The minimum absolute atomic E-state index is 0.0579. The molecule has 21 heavy (non-hydrogen) atoms. The summed E-state index contributed by atoms with van der Waals surface area (Å²) in [7, 11) is 0. The molecule has 0 bridgehead atoms. The zero-order valence-electron chi connectivity index (χ0n) is 12.5. The van der Waals surface area contributed by atoms with Gasteiger partial charge in [-0.3, -0.25) is 4.79 Å². The van der Waals surface area contributed by atoms with Crippen molar-refractivity contribution in [3.63, 3.8) is 0 Å². The predicted molar refractivity (Wildman–Crippen MR) is 82.0 cm³/mol. The highest BCUT2D eigenvalue weighted by atomic mass is 16.5. The van der Waals surface area contributed by atoms with Crippen molar-refractivity contribution >= 4 is 16.8 Å². The molecule has 3 rings (SSSR count). The molecule has 0 saturated heterocycles. The van der Waals surface area contributed by atoms with Crippen LogP contribution >= 0.6 is 0 Å². The highest BCUT2D eigenvalue weighted by molar-refractivity contribution is 5.96. The molecule has 1 fully saturated rings. The third-order valence-electron chi connectivity index (χ3n) is 3.92. The maximum atomic E-state index is 11.3. The highest BCUT2D eigenvalue weighted by Gasteiger charge is 2.30. The van der Waals surface area contributed by atoms with Gasteiger partial charge in [-0.15, -0.1) is 0 Å². The van der Waals surface area contributed by atoms with Crippen LogP contribution in [0.15, 0.2) is 28.7 Å². The lowest BCUT2D eigenvalue weighted by Crippen LogP contribution is -2.46. The van der Waals surface area contributed by atoms with Gasteiger partial charge >= 0.3 is 0 Å². The number of ether oxygens (including phenoxy) is 1. The quantitative estimate of drug-likeness (QED) is 0.826. The Labute approximate surface area is 124 Å². The minimum atomic E-state index is -0.0579. The molecule has 0 aliphatic heterocycles. The number of carbonyl (C=O) groups is 1. The van der Waals surface area contributed by atoms with Crippen LogP contribution in [-0.2, 0) is 0 Å². The number of Topliss-reactive ketones (excluding diaryl/α,β-unsaturated/α-hetero) is 1. The first-order valence-electron chi connectivity index (χ1n) is 7.60. The average Bonchev–Trinajstić information content (AvgIpc) is 2.84. The third kappa shape index (κ3) is 3.10. The Hall–Kier alpha value is -1.81. The molecular formula is C17H21NO3. The van der Waals surface area contributed by atoms with E-state index in [4.69, 9.17) is 9.15 Å². The zero-order valence-corrected chi connectivity index (χ0v) is 12.5. The highest BCUT2D eigenvalue weighted by Crippen LogP contribution is 2.29. The molecule has 2 aromatic rings. The molecule has 4 heteroatoms. The molecule has 1 aliphatic carbocycles. The van der Waals surface area contributed by atoms with Gasteiger partial charge in [-0.2, -0.15) is 0 Å². The smallest absolute Gasteiger partial charge is 0.194 e. The second-order valence-electron chi connectivity index (χ2n) is 5.73. The van der Waals surface area contributed by atoms with Crippen LogP contribution in [0, 0.1) is 0 Å². The first-order chi connectivity index (χ1) is 10.2. The van der Waals surface area contributed by atoms with Crippen molar-refractivity contribution in [2.75, 3.05) is 6.54 Å². The number of fused-ring (bicyclic) bond motifs is 1. The van der Waals surface area contributed by atoms with Gasteiger partial charge in [0.2, 0.25) is 0 Å². The summed E-state index contributed by atoms with van der Waals surface area (Å²) in [6, 6.07) is 8.08. The average molecular weight is 287 g/mol. The number of rotatable bonds is 6. The molecule has 1 aromatic heterocycles. The summed E-state index contributed by atoms with van der Waals surface area (Å²) in [6.45, 7) is 4.76. The van der Waals surface area contributed by atoms with Gasteiger partial charge in [0.05, 0.1) is 0 Å². The maximum absolute atomic E-state index is 11.3. The Kier molecular flexibility index (Phi) is 3.97. The van der Waals surface area contributed by atoms with E-state index in [1.54, 1.807) is 6.07 Å². The van der Waals surface area contributed by atoms with E-state index < -0.39 is 0 Å². The van der Waals surface area contributed by atoms with Crippen molar-refractivity contribution in [2.24, 2.45) is 0 Å². The lowest BCUT2D eigenvalue weighted by atomic mass is 9.89. The fraction of sp³-hybridized carbons (Fsp3) is 0.471. The lowest BCUT2D eigenvalue weighted by molar-refractivity contribution is 0.0854. The number of benzene rings is 1. The van der Waals surface area contributed by atoms with Crippen LogP contribution in [0.4, 0.5) is 0 Å².